The lowest BCUT2D eigenvalue weighted by atomic mass is 10.1. The predicted molar refractivity (Wildman–Crippen MR) is 114 cm³/mol. The molecule has 3 heterocycles. The molecule has 3 aromatic rings. The van der Waals surface area contributed by atoms with Crippen LogP contribution in [-0.2, 0) is 24.2 Å². The smallest absolute Gasteiger partial charge is 0.262 e. The van der Waals surface area contributed by atoms with E-state index in [1.807, 2.05) is 31.2 Å². The average molecular weight is 410 g/mol. The minimum absolute atomic E-state index is 0.0794. The number of fused-ring (bicyclic) bond motifs is 2. The summed E-state index contributed by atoms with van der Waals surface area (Å²) >= 11 is 1.21. The summed E-state index contributed by atoms with van der Waals surface area (Å²) in [5, 5.41) is 6.00. The van der Waals surface area contributed by atoms with E-state index in [0.29, 0.717) is 27.2 Å². The van der Waals surface area contributed by atoms with Crippen molar-refractivity contribution in [3.8, 4) is 0 Å². The average Bonchev–Trinajstić information content (AvgIpc) is 3.31. The van der Waals surface area contributed by atoms with Crippen molar-refractivity contribution in [1.82, 2.24) is 14.9 Å². The number of thiophene rings is 1. The fraction of sp³-hybridized carbons (Fsp3) is 0.333. The molecule has 0 aliphatic carbocycles. The lowest BCUT2D eigenvalue weighted by molar-refractivity contribution is -0.115. The van der Waals surface area contributed by atoms with Crippen molar-refractivity contribution in [3.05, 3.63) is 56.4 Å². The molecule has 1 aromatic carbocycles. The second-order valence-electron chi connectivity index (χ2n) is 7.07. The van der Waals surface area contributed by atoms with Gasteiger partial charge in [-0.15, -0.1) is 11.3 Å². The molecule has 2 amide bonds. The SMILES string of the molecule is CCc1ccccc1NC(=O)CNC(=O)c1sc2nc3n(c(=O)c2c1C)CCC3. The quantitative estimate of drug-likeness (QED) is 0.676. The number of hydrogen-bond acceptors (Lipinski definition) is 5. The van der Waals surface area contributed by atoms with Crippen LogP contribution in [0.1, 0.15) is 40.0 Å². The lowest BCUT2D eigenvalue weighted by Crippen LogP contribution is -2.33. The molecule has 0 bridgehead atoms. The Hall–Kier alpha value is -3.00. The van der Waals surface area contributed by atoms with Gasteiger partial charge in [-0.3, -0.25) is 19.0 Å². The summed E-state index contributed by atoms with van der Waals surface area (Å²) in [5.41, 5.74) is 2.33. The standard InChI is InChI=1S/C21H22N4O3S/c1-3-13-7-4-5-8-14(13)23-16(26)11-22-19(27)18-12(2)17-20(29-18)24-15-9-6-10-25(15)21(17)28/h4-5,7-8H,3,6,9-11H2,1-2H3,(H,22,27)(H,23,26). The Morgan fingerprint density at radius 3 is 2.86 bits per heavy atom. The first kappa shape index (κ1) is 19.3. The molecule has 0 radical (unpaired) electrons. The Morgan fingerprint density at radius 2 is 2.07 bits per heavy atom. The zero-order chi connectivity index (χ0) is 20.5. The van der Waals surface area contributed by atoms with Crippen molar-refractivity contribution in [1.29, 1.82) is 0 Å². The molecule has 1 aliphatic heterocycles. The van der Waals surface area contributed by atoms with E-state index in [-0.39, 0.29) is 23.9 Å². The van der Waals surface area contributed by atoms with Gasteiger partial charge in [-0.05, 0) is 37.0 Å². The molecule has 0 spiro atoms. The zero-order valence-corrected chi connectivity index (χ0v) is 17.2. The molecule has 29 heavy (non-hydrogen) atoms. The topological polar surface area (TPSA) is 93.1 Å². The number of benzene rings is 1. The second-order valence-corrected chi connectivity index (χ2v) is 8.07. The van der Waals surface area contributed by atoms with Crippen molar-refractivity contribution < 1.29 is 9.59 Å². The Morgan fingerprint density at radius 1 is 1.28 bits per heavy atom. The number of nitrogens with zero attached hydrogens (tertiary/aromatic N) is 2. The van der Waals surface area contributed by atoms with Gasteiger partial charge in [0.1, 0.15) is 10.7 Å². The van der Waals surface area contributed by atoms with Crippen molar-refractivity contribution in [2.24, 2.45) is 0 Å². The maximum atomic E-state index is 12.7. The third kappa shape index (κ3) is 3.55. The highest BCUT2D eigenvalue weighted by Gasteiger charge is 2.23. The van der Waals surface area contributed by atoms with Crippen LogP contribution in [0.2, 0.25) is 0 Å². The largest absolute Gasteiger partial charge is 0.342 e. The summed E-state index contributed by atoms with van der Waals surface area (Å²) in [4.78, 5) is 43.3. The van der Waals surface area contributed by atoms with Gasteiger partial charge in [-0.1, -0.05) is 25.1 Å². The number of carbonyl (C=O) groups is 2. The Balaban J connectivity index is 1.50. The fourth-order valence-corrected chi connectivity index (χ4v) is 4.78. The first-order valence-electron chi connectivity index (χ1n) is 9.68. The minimum Gasteiger partial charge on any atom is -0.342 e. The molecule has 0 saturated carbocycles. The zero-order valence-electron chi connectivity index (χ0n) is 16.4. The van der Waals surface area contributed by atoms with Crippen molar-refractivity contribution in [3.63, 3.8) is 0 Å². The number of hydrogen-bond donors (Lipinski definition) is 2. The van der Waals surface area contributed by atoms with E-state index < -0.39 is 0 Å². The van der Waals surface area contributed by atoms with E-state index in [1.54, 1.807) is 11.5 Å². The monoisotopic (exact) mass is 410 g/mol. The number of para-hydroxylation sites is 1. The van der Waals surface area contributed by atoms with E-state index in [9.17, 15) is 14.4 Å². The van der Waals surface area contributed by atoms with Crippen LogP contribution in [0.3, 0.4) is 0 Å². The molecular formula is C21H22N4O3S. The van der Waals surface area contributed by atoms with Crippen LogP contribution < -0.4 is 16.2 Å². The summed E-state index contributed by atoms with van der Waals surface area (Å²) < 4.78 is 1.70. The molecule has 8 heteroatoms. The van der Waals surface area contributed by atoms with Crippen LogP contribution >= 0.6 is 11.3 Å². The van der Waals surface area contributed by atoms with Gasteiger partial charge in [0.2, 0.25) is 5.91 Å². The third-order valence-electron chi connectivity index (χ3n) is 5.20. The number of anilines is 1. The molecule has 0 fully saturated rings. The number of amides is 2. The number of aromatic nitrogens is 2. The Bertz CT molecular complexity index is 1180. The summed E-state index contributed by atoms with van der Waals surface area (Å²) in [6.07, 6.45) is 2.50. The van der Waals surface area contributed by atoms with E-state index in [4.69, 9.17) is 0 Å². The molecular weight excluding hydrogens is 388 g/mol. The Labute approximate surface area is 171 Å². The van der Waals surface area contributed by atoms with Crippen LogP contribution in [0.15, 0.2) is 29.1 Å². The summed E-state index contributed by atoms with van der Waals surface area (Å²) in [5.74, 6) is 0.119. The van der Waals surface area contributed by atoms with Crippen LogP contribution in [0, 0.1) is 6.92 Å². The molecule has 150 valence electrons. The molecule has 7 nitrogen and oxygen atoms in total. The maximum Gasteiger partial charge on any atom is 0.262 e. The third-order valence-corrected chi connectivity index (χ3v) is 6.38. The summed E-state index contributed by atoms with van der Waals surface area (Å²) in [7, 11) is 0. The predicted octanol–water partition coefficient (Wildman–Crippen LogP) is 2.64. The lowest BCUT2D eigenvalue weighted by Gasteiger charge is -2.10. The summed E-state index contributed by atoms with van der Waals surface area (Å²) in [6.45, 7) is 4.31. The van der Waals surface area contributed by atoms with Crippen molar-refractivity contribution in [2.45, 2.75) is 39.7 Å². The molecule has 0 atom stereocenters. The molecule has 4 rings (SSSR count). The van der Waals surface area contributed by atoms with Gasteiger partial charge in [0.15, 0.2) is 0 Å². The number of aryl methyl sites for hydroxylation is 3. The molecule has 0 saturated heterocycles. The first-order valence-corrected chi connectivity index (χ1v) is 10.5. The molecule has 2 aromatic heterocycles. The highest BCUT2D eigenvalue weighted by molar-refractivity contribution is 7.20. The first-order chi connectivity index (χ1) is 14.0. The van der Waals surface area contributed by atoms with E-state index in [1.165, 1.54) is 11.3 Å². The molecule has 0 unspecified atom stereocenters. The second kappa shape index (κ2) is 7.79. The Kier molecular flexibility index (Phi) is 5.19. The number of carbonyl (C=O) groups excluding carboxylic acids is 2. The van der Waals surface area contributed by atoms with Crippen molar-refractivity contribution >= 4 is 39.1 Å². The molecule has 2 N–H and O–H groups in total. The fourth-order valence-electron chi connectivity index (χ4n) is 3.68. The van der Waals surface area contributed by atoms with Crippen LogP contribution in [0.25, 0.3) is 10.2 Å². The minimum atomic E-state index is -0.367. The van der Waals surface area contributed by atoms with Gasteiger partial charge < -0.3 is 10.6 Å². The summed E-state index contributed by atoms with van der Waals surface area (Å²) in [6, 6.07) is 7.58. The van der Waals surface area contributed by atoms with E-state index in [0.717, 1.165) is 36.3 Å². The van der Waals surface area contributed by atoms with Crippen LogP contribution in [0.5, 0.6) is 0 Å². The van der Waals surface area contributed by atoms with Gasteiger partial charge in [-0.25, -0.2) is 4.98 Å². The van der Waals surface area contributed by atoms with Gasteiger partial charge in [-0.2, -0.15) is 0 Å². The van der Waals surface area contributed by atoms with Gasteiger partial charge in [0.25, 0.3) is 11.5 Å². The van der Waals surface area contributed by atoms with E-state index in [2.05, 4.69) is 15.6 Å². The maximum absolute atomic E-state index is 12.7. The van der Waals surface area contributed by atoms with Gasteiger partial charge in [0, 0.05) is 18.7 Å². The highest BCUT2D eigenvalue weighted by Crippen LogP contribution is 2.28. The van der Waals surface area contributed by atoms with Crippen LogP contribution in [0.4, 0.5) is 5.69 Å². The number of nitrogens with one attached hydrogen (secondary N) is 2. The number of rotatable bonds is 5. The molecule has 1 aliphatic rings. The van der Waals surface area contributed by atoms with Crippen molar-refractivity contribution in [2.75, 3.05) is 11.9 Å². The normalized spacial score (nSPS) is 12.8. The van der Waals surface area contributed by atoms with Gasteiger partial charge >= 0.3 is 0 Å². The highest BCUT2D eigenvalue weighted by atomic mass is 32.1. The van der Waals surface area contributed by atoms with E-state index >= 15 is 0 Å². The van der Waals surface area contributed by atoms with Gasteiger partial charge in [0.05, 0.1) is 16.8 Å². The van der Waals surface area contributed by atoms with Crippen LogP contribution in [-0.4, -0.2) is 27.9 Å².